The summed E-state index contributed by atoms with van der Waals surface area (Å²) < 4.78 is 1.91. The molecule has 3 N–H and O–H groups in total. The summed E-state index contributed by atoms with van der Waals surface area (Å²) >= 11 is 4.80. The van der Waals surface area contributed by atoms with Crippen LogP contribution in [0.15, 0.2) is 40.9 Å². The average molecular weight is 362 g/mol. The maximum Gasteiger partial charge on any atom is 0.257 e. The zero-order valence-corrected chi connectivity index (χ0v) is 13.6. The summed E-state index contributed by atoms with van der Waals surface area (Å²) in [5.41, 5.74) is 8.81. The summed E-state index contributed by atoms with van der Waals surface area (Å²) in [6.07, 6.45) is 0. The lowest BCUT2D eigenvalue weighted by atomic mass is 10.1. The first kappa shape index (κ1) is 14.0. The summed E-state index contributed by atoms with van der Waals surface area (Å²) in [5.74, 6) is -0.160. The standard InChI is InChI=1S/C15H12BrN3OS/c1-8-6-9(16)2-4-11(8)14(20)19-15-18-12-5-3-10(17)7-13(12)21-15/h2-7H,17H2,1H3,(H,18,19,20). The third-order valence-corrected chi connectivity index (χ3v) is 4.49. The number of nitrogen functional groups attached to an aromatic ring is 1. The van der Waals surface area contributed by atoms with E-state index in [-0.39, 0.29) is 5.91 Å². The first-order valence-corrected chi connectivity index (χ1v) is 7.87. The second-order valence-electron chi connectivity index (χ2n) is 4.66. The number of nitrogens with one attached hydrogen (secondary N) is 1. The number of aromatic nitrogens is 1. The van der Waals surface area contributed by atoms with Crippen molar-refractivity contribution in [3.05, 3.63) is 52.0 Å². The maximum absolute atomic E-state index is 12.3. The number of aryl methyl sites for hydroxylation is 1. The maximum atomic E-state index is 12.3. The van der Waals surface area contributed by atoms with Crippen LogP contribution in [0.5, 0.6) is 0 Å². The minimum Gasteiger partial charge on any atom is -0.399 e. The summed E-state index contributed by atoms with van der Waals surface area (Å²) in [4.78, 5) is 16.7. The van der Waals surface area contributed by atoms with Crippen LogP contribution in [0.25, 0.3) is 10.2 Å². The van der Waals surface area contributed by atoms with E-state index in [0.29, 0.717) is 16.4 Å². The molecule has 1 heterocycles. The summed E-state index contributed by atoms with van der Waals surface area (Å²) in [7, 11) is 0. The van der Waals surface area contributed by atoms with Gasteiger partial charge in [-0.1, -0.05) is 27.3 Å². The Morgan fingerprint density at radius 2 is 2.10 bits per heavy atom. The molecule has 0 aliphatic heterocycles. The molecule has 0 spiro atoms. The molecule has 0 atom stereocenters. The number of thiazole rings is 1. The summed E-state index contributed by atoms with van der Waals surface area (Å²) in [5, 5.41) is 3.41. The van der Waals surface area contributed by atoms with Crippen molar-refractivity contribution in [1.82, 2.24) is 4.98 Å². The van der Waals surface area contributed by atoms with Crippen molar-refractivity contribution in [2.45, 2.75) is 6.92 Å². The van der Waals surface area contributed by atoms with Gasteiger partial charge in [-0.05, 0) is 48.9 Å². The molecule has 0 aliphatic rings. The lowest BCUT2D eigenvalue weighted by molar-refractivity contribution is 0.102. The predicted octanol–water partition coefficient (Wildman–Crippen LogP) is 4.20. The van der Waals surface area contributed by atoms with Crippen molar-refractivity contribution in [3.63, 3.8) is 0 Å². The third-order valence-electron chi connectivity index (χ3n) is 3.07. The molecule has 0 saturated heterocycles. The molecule has 6 heteroatoms. The molecular weight excluding hydrogens is 350 g/mol. The molecule has 0 bridgehead atoms. The number of carbonyl (C=O) groups is 1. The molecule has 3 rings (SSSR count). The van der Waals surface area contributed by atoms with Crippen LogP contribution in [0.4, 0.5) is 10.8 Å². The largest absolute Gasteiger partial charge is 0.399 e. The Balaban J connectivity index is 1.89. The number of anilines is 2. The van der Waals surface area contributed by atoms with Crippen LogP contribution in [-0.4, -0.2) is 10.9 Å². The fourth-order valence-electron chi connectivity index (χ4n) is 2.04. The molecule has 1 amide bonds. The van der Waals surface area contributed by atoms with Crippen molar-refractivity contribution < 1.29 is 4.79 Å². The van der Waals surface area contributed by atoms with E-state index in [1.54, 1.807) is 12.1 Å². The third kappa shape index (κ3) is 2.91. The number of halogens is 1. The monoisotopic (exact) mass is 361 g/mol. The Morgan fingerprint density at radius 3 is 2.86 bits per heavy atom. The first-order chi connectivity index (χ1) is 10.0. The van der Waals surface area contributed by atoms with Gasteiger partial charge in [0.25, 0.3) is 5.91 Å². The van der Waals surface area contributed by atoms with Gasteiger partial charge in [-0.2, -0.15) is 0 Å². The lowest BCUT2D eigenvalue weighted by Gasteiger charge is -2.05. The van der Waals surface area contributed by atoms with Gasteiger partial charge in [-0.3, -0.25) is 10.1 Å². The van der Waals surface area contributed by atoms with E-state index in [0.717, 1.165) is 20.3 Å². The second-order valence-corrected chi connectivity index (χ2v) is 6.61. The van der Waals surface area contributed by atoms with Crippen LogP contribution in [0, 0.1) is 6.92 Å². The van der Waals surface area contributed by atoms with Crippen molar-refractivity contribution in [2.75, 3.05) is 11.1 Å². The van der Waals surface area contributed by atoms with Crippen LogP contribution >= 0.6 is 27.3 Å². The lowest BCUT2D eigenvalue weighted by Crippen LogP contribution is -2.13. The molecule has 106 valence electrons. The van der Waals surface area contributed by atoms with Crippen LogP contribution < -0.4 is 11.1 Å². The Kier molecular flexibility index (Phi) is 3.65. The molecule has 2 aromatic carbocycles. The van der Waals surface area contributed by atoms with Gasteiger partial charge in [0.05, 0.1) is 10.2 Å². The molecule has 0 radical (unpaired) electrons. The fraction of sp³-hybridized carbons (Fsp3) is 0.0667. The van der Waals surface area contributed by atoms with Crippen molar-refractivity contribution in [1.29, 1.82) is 0 Å². The Bertz CT molecular complexity index is 844. The van der Waals surface area contributed by atoms with Crippen LogP contribution in [-0.2, 0) is 0 Å². The molecule has 0 fully saturated rings. The number of hydrogen-bond donors (Lipinski definition) is 2. The molecular formula is C15H12BrN3OS. The van der Waals surface area contributed by atoms with Gasteiger partial charge in [-0.15, -0.1) is 0 Å². The molecule has 0 unspecified atom stereocenters. The molecule has 0 saturated carbocycles. The molecule has 0 aliphatic carbocycles. The minimum absolute atomic E-state index is 0.160. The highest BCUT2D eigenvalue weighted by molar-refractivity contribution is 9.10. The summed E-state index contributed by atoms with van der Waals surface area (Å²) in [6, 6.07) is 11.1. The van der Waals surface area contributed by atoms with E-state index in [1.807, 2.05) is 31.2 Å². The van der Waals surface area contributed by atoms with E-state index < -0.39 is 0 Å². The number of carbonyl (C=O) groups excluding carboxylic acids is 1. The number of rotatable bonds is 2. The Morgan fingerprint density at radius 1 is 1.29 bits per heavy atom. The highest BCUT2D eigenvalue weighted by atomic mass is 79.9. The number of fused-ring (bicyclic) bond motifs is 1. The average Bonchev–Trinajstić information content (AvgIpc) is 2.79. The van der Waals surface area contributed by atoms with Crippen LogP contribution in [0.3, 0.4) is 0 Å². The van der Waals surface area contributed by atoms with Gasteiger partial charge in [0, 0.05) is 15.7 Å². The zero-order chi connectivity index (χ0) is 15.0. The SMILES string of the molecule is Cc1cc(Br)ccc1C(=O)Nc1nc2ccc(N)cc2s1. The van der Waals surface area contributed by atoms with E-state index in [2.05, 4.69) is 26.2 Å². The van der Waals surface area contributed by atoms with Crippen molar-refractivity contribution in [3.8, 4) is 0 Å². The molecule has 3 aromatic rings. The van der Waals surface area contributed by atoms with Crippen molar-refractivity contribution >= 4 is 54.2 Å². The molecule has 21 heavy (non-hydrogen) atoms. The molecule has 1 aromatic heterocycles. The molecule has 4 nitrogen and oxygen atoms in total. The van der Waals surface area contributed by atoms with Crippen LogP contribution in [0.1, 0.15) is 15.9 Å². The minimum atomic E-state index is -0.160. The fourth-order valence-corrected chi connectivity index (χ4v) is 3.43. The van der Waals surface area contributed by atoms with E-state index in [1.165, 1.54) is 11.3 Å². The van der Waals surface area contributed by atoms with Gasteiger partial charge < -0.3 is 5.73 Å². The number of nitrogens with two attached hydrogens (primary N) is 1. The zero-order valence-electron chi connectivity index (χ0n) is 11.2. The van der Waals surface area contributed by atoms with E-state index in [4.69, 9.17) is 5.73 Å². The summed E-state index contributed by atoms with van der Waals surface area (Å²) in [6.45, 7) is 1.90. The van der Waals surface area contributed by atoms with Crippen molar-refractivity contribution in [2.24, 2.45) is 0 Å². The van der Waals surface area contributed by atoms with Gasteiger partial charge >= 0.3 is 0 Å². The smallest absolute Gasteiger partial charge is 0.257 e. The van der Waals surface area contributed by atoms with Crippen LogP contribution in [0.2, 0.25) is 0 Å². The Hall–Kier alpha value is -1.92. The highest BCUT2D eigenvalue weighted by Crippen LogP contribution is 2.28. The van der Waals surface area contributed by atoms with E-state index >= 15 is 0 Å². The Labute approximate surface area is 134 Å². The number of hydrogen-bond acceptors (Lipinski definition) is 4. The highest BCUT2D eigenvalue weighted by Gasteiger charge is 2.12. The normalized spacial score (nSPS) is 10.8. The second kappa shape index (κ2) is 5.46. The van der Waals surface area contributed by atoms with E-state index in [9.17, 15) is 4.79 Å². The quantitative estimate of drug-likeness (QED) is 0.672. The predicted molar refractivity (Wildman–Crippen MR) is 90.9 cm³/mol. The number of nitrogens with zero attached hydrogens (tertiary/aromatic N) is 1. The van der Waals surface area contributed by atoms with Gasteiger partial charge in [0.2, 0.25) is 0 Å². The first-order valence-electron chi connectivity index (χ1n) is 6.26. The van der Waals surface area contributed by atoms with Gasteiger partial charge in [-0.25, -0.2) is 4.98 Å². The van der Waals surface area contributed by atoms with Gasteiger partial charge in [0.1, 0.15) is 0 Å². The topological polar surface area (TPSA) is 68.0 Å². The number of benzene rings is 2. The van der Waals surface area contributed by atoms with Gasteiger partial charge in [0.15, 0.2) is 5.13 Å². The number of amides is 1.